The van der Waals surface area contributed by atoms with E-state index in [1.54, 1.807) is 18.2 Å². The monoisotopic (exact) mass is 318 g/mol. The van der Waals surface area contributed by atoms with Gasteiger partial charge < -0.3 is 4.90 Å². The van der Waals surface area contributed by atoms with E-state index >= 15 is 0 Å². The van der Waals surface area contributed by atoms with E-state index < -0.39 is 0 Å². The lowest BCUT2D eigenvalue weighted by atomic mass is 10.2. The van der Waals surface area contributed by atoms with Gasteiger partial charge in [-0.25, -0.2) is 4.39 Å². The zero-order valence-corrected chi connectivity index (χ0v) is 12.0. The molecule has 0 aliphatic heterocycles. The number of rotatable bonds is 3. The van der Waals surface area contributed by atoms with Gasteiger partial charge in [0.15, 0.2) is 0 Å². The maximum atomic E-state index is 13.1. The number of anilines is 1. The Morgan fingerprint density at radius 1 is 1.26 bits per heavy atom. The summed E-state index contributed by atoms with van der Waals surface area (Å²) in [5.41, 5.74) is 2.47. The Hall–Kier alpha value is -1.86. The lowest BCUT2D eigenvalue weighted by Gasteiger charge is -2.21. The molecule has 0 aliphatic carbocycles. The van der Waals surface area contributed by atoms with Crippen LogP contribution in [-0.2, 0) is 6.54 Å². The molecule has 0 atom stereocenters. The second kappa shape index (κ2) is 5.85. The molecule has 2 rings (SSSR count). The molecule has 0 unspecified atom stereocenters. The molecule has 2 aromatic rings. The zero-order valence-electron chi connectivity index (χ0n) is 10.4. The van der Waals surface area contributed by atoms with Crippen LogP contribution in [0.15, 0.2) is 46.9 Å². The van der Waals surface area contributed by atoms with Crippen LogP contribution >= 0.6 is 15.9 Å². The highest BCUT2D eigenvalue weighted by Gasteiger charge is 2.07. The Morgan fingerprint density at radius 2 is 2.05 bits per heavy atom. The van der Waals surface area contributed by atoms with Crippen molar-refractivity contribution in [1.82, 2.24) is 0 Å². The molecule has 0 saturated heterocycles. The number of benzene rings is 2. The van der Waals surface area contributed by atoms with E-state index in [0.29, 0.717) is 12.1 Å². The molecule has 0 amide bonds. The van der Waals surface area contributed by atoms with Crippen molar-refractivity contribution in [3.8, 4) is 6.07 Å². The fourth-order valence-corrected chi connectivity index (χ4v) is 2.56. The average molecular weight is 319 g/mol. The molecule has 19 heavy (non-hydrogen) atoms. The summed E-state index contributed by atoms with van der Waals surface area (Å²) in [5, 5.41) is 8.83. The van der Waals surface area contributed by atoms with Crippen LogP contribution in [0.2, 0.25) is 0 Å². The maximum Gasteiger partial charge on any atom is 0.123 e. The maximum absolute atomic E-state index is 13.1. The van der Waals surface area contributed by atoms with Gasteiger partial charge in [0, 0.05) is 18.1 Å². The Morgan fingerprint density at radius 3 is 2.68 bits per heavy atom. The van der Waals surface area contributed by atoms with Crippen LogP contribution in [0.3, 0.4) is 0 Å². The molecular formula is C15H12BrFN2. The summed E-state index contributed by atoms with van der Waals surface area (Å²) in [6.07, 6.45) is 0. The van der Waals surface area contributed by atoms with Crippen molar-refractivity contribution < 1.29 is 4.39 Å². The fourth-order valence-electron chi connectivity index (χ4n) is 1.88. The predicted octanol–water partition coefficient (Wildman–Crippen LogP) is 4.10. The average Bonchev–Trinajstić information content (AvgIpc) is 2.38. The molecule has 0 spiro atoms. The van der Waals surface area contributed by atoms with Gasteiger partial charge in [0.05, 0.1) is 17.3 Å². The minimum absolute atomic E-state index is 0.232. The van der Waals surface area contributed by atoms with Gasteiger partial charge in [-0.1, -0.05) is 12.1 Å². The minimum atomic E-state index is -0.232. The summed E-state index contributed by atoms with van der Waals surface area (Å²) >= 11 is 3.45. The van der Waals surface area contributed by atoms with Crippen molar-refractivity contribution in [2.24, 2.45) is 0 Å². The van der Waals surface area contributed by atoms with Gasteiger partial charge in [0.25, 0.3) is 0 Å². The molecule has 0 radical (unpaired) electrons. The van der Waals surface area contributed by atoms with Crippen LogP contribution in [0.25, 0.3) is 0 Å². The number of halogens is 2. The van der Waals surface area contributed by atoms with Gasteiger partial charge in [0.2, 0.25) is 0 Å². The van der Waals surface area contributed by atoms with Crippen molar-refractivity contribution >= 4 is 21.6 Å². The van der Waals surface area contributed by atoms with Crippen LogP contribution in [-0.4, -0.2) is 7.05 Å². The standard InChI is InChI=1S/C15H12BrFN2/c1-19(10-12-3-2-4-13(17)7-12)15-6-5-11(9-18)8-14(15)16/h2-8H,10H2,1H3. The first-order chi connectivity index (χ1) is 9.10. The van der Waals surface area contributed by atoms with Gasteiger partial charge >= 0.3 is 0 Å². The quantitative estimate of drug-likeness (QED) is 0.852. The summed E-state index contributed by atoms with van der Waals surface area (Å²) in [6.45, 7) is 0.599. The first-order valence-corrected chi connectivity index (χ1v) is 6.54. The fraction of sp³-hybridized carbons (Fsp3) is 0.133. The lowest BCUT2D eigenvalue weighted by molar-refractivity contribution is 0.625. The van der Waals surface area contributed by atoms with Gasteiger partial charge in [-0.15, -0.1) is 0 Å². The van der Waals surface area contributed by atoms with Gasteiger partial charge in [-0.2, -0.15) is 5.26 Å². The second-order valence-electron chi connectivity index (χ2n) is 4.26. The first-order valence-electron chi connectivity index (χ1n) is 5.75. The number of hydrogen-bond acceptors (Lipinski definition) is 2. The summed E-state index contributed by atoms with van der Waals surface area (Å²) in [7, 11) is 1.93. The zero-order chi connectivity index (χ0) is 13.8. The third kappa shape index (κ3) is 3.33. The Labute approximate surface area is 120 Å². The lowest BCUT2D eigenvalue weighted by Crippen LogP contribution is -2.16. The summed E-state index contributed by atoms with van der Waals surface area (Å²) in [6, 6.07) is 14.1. The Bertz CT molecular complexity index is 634. The van der Waals surface area contributed by atoms with Crippen LogP contribution in [0.1, 0.15) is 11.1 Å². The van der Waals surface area contributed by atoms with E-state index in [9.17, 15) is 4.39 Å². The summed E-state index contributed by atoms with van der Waals surface area (Å²) in [4.78, 5) is 2.00. The molecule has 0 fully saturated rings. The molecule has 2 aromatic carbocycles. The number of nitriles is 1. The van der Waals surface area contributed by atoms with Crippen LogP contribution in [0.4, 0.5) is 10.1 Å². The highest BCUT2D eigenvalue weighted by molar-refractivity contribution is 9.10. The molecule has 4 heteroatoms. The largest absolute Gasteiger partial charge is 0.369 e. The van der Waals surface area contributed by atoms with Crippen LogP contribution < -0.4 is 4.90 Å². The van der Waals surface area contributed by atoms with Crippen LogP contribution in [0.5, 0.6) is 0 Å². The molecule has 0 aliphatic rings. The van der Waals surface area contributed by atoms with E-state index in [0.717, 1.165) is 15.7 Å². The highest BCUT2D eigenvalue weighted by Crippen LogP contribution is 2.27. The van der Waals surface area contributed by atoms with E-state index in [-0.39, 0.29) is 5.82 Å². The SMILES string of the molecule is CN(Cc1cccc(F)c1)c1ccc(C#N)cc1Br. The van der Waals surface area contributed by atoms with Gasteiger partial charge in [-0.3, -0.25) is 0 Å². The highest BCUT2D eigenvalue weighted by atomic mass is 79.9. The first kappa shape index (κ1) is 13.6. The normalized spacial score (nSPS) is 10.0. The molecule has 0 aromatic heterocycles. The smallest absolute Gasteiger partial charge is 0.123 e. The van der Waals surface area contributed by atoms with Crippen molar-refractivity contribution in [2.75, 3.05) is 11.9 Å². The van der Waals surface area contributed by atoms with E-state index in [2.05, 4.69) is 22.0 Å². The van der Waals surface area contributed by atoms with Crippen molar-refractivity contribution in [3.05, 3.63) is 63.9 Å². The minimum Gasteiger partial charge on any atom is -0.369 e. The van der Waals surface area contributed by atoms with Gasteiger partial charge in [-0.05, 0) is 51.8 Å². The Kier molecular flexibility index (Phi) is 4.18. The summed E-state index contributed by atoms with van der Waals surface area (Å²) < 4.78 is 14.0. The van der Waals surface area contributed by atoms with E-state index in [1.807, 2.05) is 24.1 Å². The molecule has 0 N–H and O–H groups in total. The molecular weight excluding hydrogens is 307 g/mol. The second-order valence-corrected chi connectivity index (χ2v) is 5.12. The molecule has 0 saturated carbocycles. The van der Waals surface area contributed by atoms with Crippen molar-refractivity contribution in [2.45, 2.75) is 6.54 Å². The van der Waals surface area contributed by atoms with Gasteiger partial charge in [0.1, 0.15) is 5.82 Å². The van der Waals surface area contributed by atoms with Crippen molar-refractivity contribution in [1.29, 1.82) is 5.26 Å². The van der Waals surface area contributed by atoms with E-state index in [4.69, 9.17) is 5.26 Å². The Balaban J connectivity index is 2.21. The molecule has 96 valence electrons. The van der Waals surface area contributed by atoms with Crippen LogP contribution in [0, 0.1) is 17.1 Å². The van der Waals surface area contributed by atoms with Crippen molar-refractivity contribution in [3.63, 3.8) is 0 Å². The van der Waals surface area contributed by atoms with E-state index in [1.165, 1.54) is 12.1 Å². The third-order valence-corrected chi connectivity index (χ3v) is 3.43. The summed E-state index contributed by atoms with van der Waals surface area (Å²) in [5.74, 6) is -0.232. The molecule has 2 nitrogen and oxygen atoms in total. The number of hydrogen-bond donors (Lipinski definition) is 0. The number of nitrogens with zero attached hydrogens (tertiary/aromatic N) is 2. The topological polar surface area (TPSA) is 27.0 Å². The molecule has 0 bridgehead atoms. The molecule has 0 heterocycles. The third-order valence-electron chi connectivity index (χ3n) is 2.80. The predicted molar refractivity (Wildman–Crippen MR) is 77.4 cm³/mol.